The maximum Gasteiger partial charge on any atom is 0.335 e. The lowest BCUT2D eigenvalue weighted by molar-refractivity contribution is -0.393. The van der Waals surface area contributed by atoms with Gasteiger partial charge in [0.05, 0.1) is 27.7 Å². The monoisotopic (exact) mass is 555 g/mol. The van der Waals surface area contributed by atoms with E-state index < -0.39 is 50.6 Å². The number of hydrogen-bond acceptors (Lipinski definition) is 8. The lowest BCUT2D eigenvalue weighted by Gasteiger charge is -2.51. The molecule has 0 radical (unpaired) electrons. The molecule has 0 bridgehead atoms. The number of benzene rings is 1. The molecule has 37 heavy (non-hydrogen) atoms. The first kappa shape index (κ1) is 29.5. The maximum atomic E-state index is 16.0. The van der Waals surface area contributed by atoms with E-state index in [2.05, 4.69) is 60.4 Å². The van der Waals surface area contributed by atoms with Crippen LogP contribution in [0.15, 0.2) is 23.2 Å². The van der Waals surface area contributed by atoms with Crippen LogP contribution < -0.4 is 0 Å². The molecular weight excluding hydrogens is 517 g/mol. The van der Waals surface area contributed by atoms with Crippen LogP contribution in [-0.2, 0) is 13.0 Å². The van der Waals surface area contributed by atoms with Gasteiger partial charge in [-0.2, -0.15) is 0 Å². The first-order valence-corrected chi connectivity index (χ1v) is 16.8. The molecule has 1 heterocycles. The minimum absolute atomic E-state index is 0.0307. The Morgan fingerprint density at radius 3 is 2.00 bits per heavy atom. The van der Waals surface area contributed by atoms with Crippen molar-refractivity contribution in [3.63, 3.8) is 0 Å². The predicted molar refractivity (Wildman–Crippen MR) is 144 cm³/mol. The van der Waals surface area contributed by atoms with Crippen LogP contribution in [0.4, 0.5) is 21.5 Å². The van der Waals surface area contributed by atoms with Crippen molar-refractivity contribution in [2.45, 2.75) is 96.3 Å². The van der Waals surface area contributed by atoms with Gasteiger partial charge in [-0.25, -0.2) is 9.38 Å². The molecule has 10 nitrogen and oxygen atoms in total. The van der Waals surface area contributed by atoms with Crippen LogP contribution in [0.3, 0.4) is 0 Å². The summed E-state index contributed by atoms with van der Waals surface area (Å²) in [5, 5.41) is 22.7. The molecule has 0 N–H and O–H groups in total. The first-order chi connectivity index (χ1) is 17.2. The van der Waals surface area contributed by atoms with Gasteiger partial charge in [0.25, 0.3) is 5.69 Å². The van der Waals surface area contributed by atoms with Gasteiger partial charge in [0, 0.05) is 18.6 Å². The molecule has 13 heteroatoms. The van der Waals surface area contributed by atoms with Crippen LogP contribution in [0.5, 0.6) is 0 Å². The van der Waals surface area contributed by atoms with Gasteiger partial charge in [-0.15, -0.1) is 0 Å². The third kappa shape index (κ3) is 5.42. The Labute approximate surface area is 219 Å². The molecule has 3 atom stereocenters. The fourth-order valence-electron chi connectivity index (χ4n) is 5.53. The van der Waals surface area contributed by atoms with Crippen molar-refractivity contribution in [1.29, 1.82) is 0 Å². The second kappa shape index (κ2) is 11.0. The quantitative estimate of drug-likeness (QED) is 0.204. The van der Waals surface area contributed by atoms with Gasteiger partial charge in [0.2, 0.25) is 0 Å². The minimum Gasteiger partial charge on any atom is -0.414 e. The number of nitro benzene ring substituents is 2. The standard InChI is InChI=1S/C24H38FN3O7Si2/c1-14(2)36(15(3)4)33-13-18-11-21(23(25)24(18)34-37(35-36,16(5)6)17(7)8)26-20-10-9-19(27(29)30)12-22(20)28(31)32/h9-10,12,14-18,23-24H,11,13H2,1-8H3. The van der Waals surface area contributed by atoms with Crippen LogP contribution in [0.25, 0.3) is 0 Å². The van der Waals surface area contributed by atoms with Gasteiger partial charge in [-0.05, 0) is 34.7 Å². The van der Waals surface area contributed by atoms with E-state index in [1.54, 1.807) is 0 Å². The summed E-state index contributed by atoms with van der Waals surface area (Å²) in [5.41, 5.74) is -0.615. The van der Waals surface area contributed by atoms with E-state index in [0.29, 0.717) is 0 Å². The number of nitrogens with zero attached hydrogens (tertiary/aromatic N) is 3. The largest absolute Gasteiger partial charge is 0.414 e. The molecule has 2 aliphatic rings. The molecule has 0 amide bonds. The molecule has 1 aliphatic carbocycles. The molecule has 0 spiro atoms. The Balaban J connectivity index is 2.09. The SMILES string of the molecule is CC(C)[Si]1(C(C)C)OCC2CC(=Nc3ccc([N+](=O)[O-])cc3[N+](=O)[O-])C(F)C2O[Si](C(C)C)(C(C)C)O1. The normalized spacial score (nSPS) is 26.5. The van der Waals surface area contributed by atoms with Crippen LogP contribution in [0.2, 0.25) is 22.2 Å². The summed E-state index contributed by atoms with van der Waals surface area (Å²) in [6.07, 6.45) is -2.25. The summed E-state index contributed by atoms with van der Waals surface area (Å²) in [4.78, 5) is 25.5. The zero-order valence-corrected chi connectivity index (χ0v) is 24.8. The molecule has 1 aliphatic heterocycles. The zero-order valence-electron chi connectivity index (χ0n) is 22.8. The van der Waals surface area contributed by atoms with Gasteiger partial charge in [0.1, 0.15) is 5.69 Å². The third-order valence-corrected chi connectivity index (χ3v) is 17.8. The van der Waals surface area contributed by atoms with Crippen molar-refractivity contribution in [2.24, 2.45) is 10.9 Å². The van der Waals surface area contributed by atoms with Crippen molar-refractivity contribution in [3.8, 4) is 0 Å². The highest BCUT2D eigenvalue weighted by atomic mass is 28.5. The van der Waals surface area contributed by atoms with E-state index in [1.165, 1.54) is 6.07 Å². The second-order valence-electron chi connectivity index (χ2n) is 11.2. The Kier molecular flexibility index (Phi) is 8.74. The number of halogens is 1. The molecule has 1 aromatic rings. The number of fused-ring (bicyclic) bond motifs is 1. The molecule has 0 aromatic heterocycles. The van der Waals surface area contributed by atoms with Gasteiger partial charge < -0.3 is 13.0 Å². The lowest BCUT2D eigenvalue weighted by atomic mass is 10.1. The summed E-state index contributed by atoms with van der Waals surface area (Å²) < 4.78 is 36.6. The van der Waals surface area contributed by atoms with Crippen LogP contribution in [-0.4, -0.2) is 51.6 Å². The number of alkyl halides is 1. The number of hydrogen-bond donors (Lipinski definition) is 0. The minimum atomic E-state index is -3.02. The van der Waals surface area contributed by atoms with Crippen molar-refractivity contribution in [1.82, 2.24) is 0 Å². The molecule has 3 rings (SSSR count). The average Bonchev–Trinajstić information content (AvgIpc) is 3.06. The Morgan fingerprint density at radius 2 is 1.51 bits per heavy atom. The predicted octanol–water partition coefficient (Wildman–Crippen LogP) is 6.89. The molecule has 3 unspecified atom stereocenters. The first-order valence-electron chi connectivity index (χ1n) is 12.8. The Bertz CT molecular complexity index is 1050. The fourth-order valence-corrected chi connectivity index (χ4v) is 16.8. The summed E-state index contributed by atoms with van der Waals surface area (Å²) in [5.74, 6) is -0.330. The third-order valence-electron chi connectivity index (χ3n) is 7.55. The van der Waals surface area contributed by atoms with Crippen molar-refractivity contribution >= 4 is 39.9 Å². The highest BCUT2D eigenvalue weighted by Gasteiger charge is 2.61. The summed E-state index contributed by atoms with van der Waals surface area (Å²) >= 11 is 0. The van der Waals surface area contributed by atoms with E-state index in [1.807, 2.05) is 0 Å². The fraction of sp³-hybridized carbons (Fsp3) is 0.708. The van der Waals surface area contributed by atoms with Crippen LogP contribution in [0, 0.1) is 26.1 Å². The summed E-state index contributed by atoms with van der Waals surface area (Å²) in [7, 11) is -5.80. The van der Waals surface area contributed by atoms with Gasteiger partial charge in [-0.1, -0.05) is 55.4 Å². The number of non-ortho nitro benzene ring substituents is 1. The lowest BCUT2D eigenvalue weighted by Crippen LogP contribution is -2.64. The van der Waals surface area contributed by atoms with Crippen molar-refractivity contribution in [3.05, 3.63) is 38.4 Å². The molecule has 1 aromatic carbocycles. The van der Waals surface area contributed by atoms with Gasteiger partial charge in [-0.3, -0.25) is 20.2 Å². The van der Waals surface area contributed by atoms with Gasteiger partial charge >= 0.3 is 22.8 Å². The molecule has 206 valence electrons. The molecule has 1 saturated heterocycles. The maximum absolute atomic E-state index is 16.0. The molecule has 2 fully saturated rings. The Hall–Kier alpha value is -2.07. The highest BCUT2D eigenvalue weighted by molar-refractivity contribution is 6.84. The van der Waals surface area contributed by atoms with E-state index >= 15 is 4.39 Å². The van der Waals surface area contributed by atoms with E-state index in [4.69, 9.17) is 13.0 Å². The smallest absolute Gasteiger partial charge is 0.335 e. The average molecular weight is 556 g/mol. The van der Waals surface area contributed by atoms with Crippen molar-refractivity contribution in [2.75, 3.05) is 6.61 Å². The number of rotatable bonds is 7. The van der Waals surface area contributed by atoms with E-state index in [9.17, 15) is 20.2 Å². The summed E-state index contributed by atoms with van der Waals surface area (Å²) in [6.45, 7) is 16.9. The molecule has 1 saturated carbocycles. The van der Waals surface area contributed by atoms with Crippen LogP contribution >= 0.6 is 0 Å². The summed E-state index contributed by atoms with van der Waals surface area (Å²) in [6, 6.07) is 3.17. The van der Waals surface area contributed by atoms with Crippen molar-refractivity contribution < 1.29 is 27.2 Å². The van der Waals surface area contributed by atoms with E-state index in [-0.39, 0.29) is 52.5 Å². The topological polar surface area (TPSA) is 126 Å². The van der Waals surface area contributed by atoms with Crippen LogP contribution in [0.1, 0.15) is 61.8 Å². The number of nitro groups is 2. The molecular formula is C24H38FN3O7Si2. The number of aliphatic imine (C=N–C) groups is 1. The second-order valence-corrected chi connectivity index (χ2v) is 20.1. The van der Waals surface area contributed by atoms with Gasteiger partial charge in [0.15, 0.2) is 6.17 Å². The zero-order chi connectivity index (χ0) is 27.9. The highest BCUT2D eigenvalue weighted by Crippen LogP contribution is 2.49. The van der Waals surface area contributed by atoms with E-state index in [0.717, 1.165) is 12.1 Å². The Morgan fingerprint density at radius 1 is 0.946 bits per heavy atom.